The Balaban J connectivity index is 1.78. The molecule has 0 aliphatic heterocycles. The van der Waals surface area contributed by atoms with Crippen LogP contribution in [-0.4, -0.2) is 47.9 Å². The molecule has 1 aliphatic rings. The maximum Gasteiger partial charge on any atom is 0.221 e. The van der Waals surface area contributed by atoms with Crippen molar-refractivity contribution >= 4 is 11.7 Å². The van der Waals surface area contributed by atoms with Gasteiger partial charge in [-0.15, -0.1) is 0 Å². The Labute approximate surface area is 157 Å². The number of ether oxygens (including phenoxy) is 1. The predicted octanol–water partition coefficient (Wildman–Crippen LogP) is 2.88. The van der Waals surface area contributed by atoms with Gasteiger partial charge in [0.15, 0.2) is 5.78 Å². The fourth-order valence-electron chi connectivity index (χ4n) is 3.18. The molecule has 6 heteroatoms. The summed E-state index contributed by atoms with van der Waals surface area (Å²) in [6.45, 7) is 1.37. The number of nitrogens with two attached hydrogens (primary N) is 1. The number of benzene rings is 2. The number of likely N-dealkylation sites (N-methyl/N-ethyl adjacent to an activating group) is 1. The van der Waals surface area contributed by atoms with Gasteiger partial charge in [0.2, 0.25) is 5.95 Å². The molecule has 136 valence electrons. The summed E-state index contributed by atoms with van der Waals surface area (Å²) < 4.78 is 5.81. The van der Waals surface area contributed by atoms with E-state index in [2.05, 4.69) is 9.97 Å². The minimum Gasteiger partial charge on any atom is -0.492 e. The van der Waals surface area contributed by atoms with E-state index in [0.717, 1.165) is 17.7 Å². The molecule has 1 aromatic heterocycles. The molecule has 0 radical (unpaired) electrons. The van der Waals surface area contributed by atoms with E-state index in [4.69, 9.17) is 10.5 Å². The van der Waals surface area contributed by atoms with Crippen LogP contribution in [0.5, 0.6) is 5.75 Å². The van der Waals surface area contributed by atoms with Crippen molar-refractivity contribution in [2.45, 2.75) is 0 Å². The fourth-order valence-corrected chi connectivity index (χ4v) is 3.18. The largest absolute Gasteiger partial charge is 0.492 e. The number of aromatic nitrogens is 2. The van der Waals surface area contributed by atoms with Gasteiger partial charge in [-0.3, -0.25) is 4.79 Å². The Bertz CT molecular complexity index is 1020. The summed E-state index contributed by atoms with van der Waals surface area (Å²) in [5.41, 5.74) is 9.76. The second-order valence-electron chi connectivity index (χ2n) is 6.71. The van der Waals surface area contributed by atoms with Crippen molar-refractivity contribution in [3.63, 3.8) is 0 Å². The zero-order valence-corrected chi connectivity index (χ0v) is 15.3. The number of hydrogen-bond donors (Lipinski definition) is 1. The van der Waals surface area contributed by atoms with E-state index in [1.54, 1.807) is 6.07 Å². The Morgan fingerprint density at radius 3 is 2.48 bits per heavy atom. The number of ketones is 1. The minimum atomic E-state index is -0.0845. The molecule has 0 saturated heterocycles. The maximum absolute atomic E-state index is 13.0. The highest BCUT2D eigenvalue weighted by molar-refractivity contribution is 6.23. The topological polar surface area (TPSA) is 81.3 Å². The van der Waals surface area contributed by atoms with Gasteiger partial charge in [-0.2, -0.15) is 0 Å². The van der Waals surface area contributed by atoms with E-state index in [1.165, 1.54) is 0 Å². The lowest BCUT2D eigenvalue weighted by Gasteiger charge is -2.11. The predicted molar refractivity (Wildman–Crippen MR) is 105 cm³/mol. The van der Waals surface area contributed by atoms with Crippen molar-refractivity contribution < 1.29 is 9.53 Å². The molecule has 3 aromatic rings. The molecule has 27 heavy (non-hydrogen) atoms. The van der Waals surface area contributed by atoms with Crippen molar-refractivity contribution in [1.82, 2.24) is 14.9 Å². The van der Waals surface area contributed by atoms with Crippen molar-refractivity contribution in [2.75, 3.05) is 33.0 Å². The first-order valence-electron chi connectivity index (χ1n) is 8.74. The molecule has 6 nitrogen and oxygen atoms in total. The summed E-state index contributed by atoms with van der Waals surface area (Å²) in [6, 6.07) is 15.0. The van der Waals surface area contributed by atoms with Crippen LogP contribution in [0.3, 0.4) is 0 Å². The van der Waals surface area contributed by atoms with Crippen molar-refractivity contribution in [1.29, 1.82) is 0 Å². The smallest absolute Gasteiger partial charge is 0.221 e. The Morgan fingerprint density at radius 1 is 1.00 bits per heavy atom. The summed E-state index contributed by atoms with van der Waals surface area (Å²) in [7, 11) is 3.98. The number of carbonyl (C=O) groups excluding carboxylic acids is 1. The van der Waals surface area contributed by atoms with Crippen LogP contribution in [-0.2, 0) is 0 Å². The maximum atomic E-state index is 13.0. The third-order valence-electron chi connectivity index (χ3n) is 4.50. The number of nitrogen functional groups attached to an aromatic ring is 1. The Hall–Kier alpha value is -3.25. The van der Waals surface area contributed by atoms with E-state index in [0.29, 0.717) is 34.9 Å². The average molecular weight is 360 g/mol. The average Bonchev–Trinajstić information content (AvgIpc) is 2.93. The molecular weight excluding hydrogens is 340 g/mol. The molecule has 0 saturated carbocycles. The number of hydrogen-bond acceptors (Lipinski definition) is 6. The number of rotatable bonds is 5. The van der Waals surface area contributed by atoms with E-state index >= 15 is 0 Å². The number of fused-ring (bicyclic) bond motifs is 3. The molecule has 2 N–H and O–H groups in total. The van der Waals surface area contributed by atoms with Crippen LogP contribution >= 0.6 is 0 Å². The number of nitrogens with zero attached hydrogens (tertiary/aromatic N) is 3. The molecule has 0 unspecified atom stereocenters. The lowest BCUT2D eigenvalue weighted by atomic mass is 10.0. The SMILES string of the molecule is CN(C)CCOc1ccc2c(c1)-c1nc(N)nc(-c3ccccc3)c1C2=O. The van der Waals surface area contributed by atoms with E-state index in [-0.39, 0.29) is 11.7 Å². The van der Waals surface area contributed by atoms with Gasteiger partial charge in [0.25, 0.3) is 0 Å². The first-order valence-corrected chi connectivity index (χ1v) is 8.74. The van der Waals surface area contributed by atoms with Gasteiger partial charge in [0.1, 0.15) is 12.4 Å². The van der Waals surface area contributed by atoms with E-state index < -0.39 is 0 Å². The van der Waals surface area contributed by atoms with Crippen LogP contribution in [0.25, 0.3) is 22.5 Å². The van der Waals surface area contributed by atoms with Crippen LogP contribution in [0.4, 0.5) is 5.95 Å². The second kappa shape index (κ2) is 6.81. The first kappa shape index (κ1) is 17.2. The van der Waals surface area contributed by atoms with Gasteiger partial charge < -0.3 is 15.4 Å². The highest BCUT2D eigenvalue weighted by atomic mass is 16.5. The zero-order valence-electron chi connectivity index (χ0n) is 15.3. The van der Waals surface area contributed by atoms with Crippen molar-refractivity contribution in [3.8, 4) is 28.3 Å². The Kier molecular flexibility index (Phi) is 4.33. The number of anilines is 1. The quantitative estimate of drug-likeness (QED) is 0.589. The summed E-state index contributed by atoms with van der Waals surface area (Å²) >= 11 is 0. The third-order valence-corrected chi connectivity index (χ3v) is 4.50. The van der Waals surface area contributed by atoms with Crippen LogP contribution in [0, 0.1) is 0 Å². The second-order valence-corrected chi connectivity index (χ2v) is 6.71. The Morgan fingerprint density at radius 2 is 1.74 bits per heavy atom. The van der Waals surface area contributed by atoms with Gasteiger partial charge in [0.05, 0.1) is 17.0 Å². The molecule has 1 aliphatic carbocycles. The van der Waals surface area contributed by atoms with Gasteiger partial charge in [-0.1, -0.05) is 30.3 Å². The lowest BCUT2D eigenvalue weighted by Crippen LogP contribution is -2.19. The molecule has 0 bridgehead atoms. The monoisotopic (exact) mass is 360 g/mol. The molecule has 0 fully saturated rings. The standard InChI is InChI=1S/C21H20N4O2/c1-25(2)10-11-27-14-8-9-15-16(12-14)19-17(20(15)26)18(23-21(22)24-19)13-6-4-3-5-7-13/h3-9,12H,10-11H2,1-2H3,(H2,22,23,24). The van der Waals surface area contributed by atoms with Crippen LogP contribution < -0.4 is 10.5 Å². The van der Waals surface area contributed by atoms with Crippen LogP contribution in [0.2, 0.25) is 0 Å². The van der Waals surface area contributed by atoms with Gasteiger partial charge in [-0.25, -0.2) is 9.97 Å². The minimum absolute atomic E-state index is 0.0845. The van der Waals surface area contributed by atoms with Gasteiger partial charge in [0, 0.05) is 23.2 Å². The van der Waals surface area contributed by atoms with Gasteiger partial charge >= 0.3 is 0 Å². The van der Waals surface area contributed by atoms with Gasteiger partial charge in [-0.05, 0) is 32.3 Å². The molecule has 0 amide bonds. The highest BCUT2D eigenvalue weighted by Gasteiger charge is 2.32. The summed E-state index contributed by atoms with van der Waals surface area (Å²) in [4.78, 5) is 23.8. The third kappa shape index (κ3) is 3.15. The normalized spacial score (nSPS) is 12.2. The summed E-state index contributed by atoms with van der Waals surface area (Å²) in [5, 5.41) is 0. The van der Waals surface area contributed by atoms with Crippen molar-refractivity contribution in [3.05, 3.63) is 59.7 Å². The van der Waals surface area contributed by atoms with Crippen molar-refractivity contribution in [2.24, 2.45) is 0 Å². The molecule has 0 atom stereocenters. The lowest BCUT2D eigenvalue weighted by molar-refractivity contribution is 0.104. The highest BCUT2D eigenvalue weighted by Crippen LogP contribution is 2.41. The molecule has 2 aromatic carbocycles. The molecule has 1 heterocycles. The summed E-state index contributed by atoms with van der Waals surface area (Å²) in [6.07, 6.45) is 0. The van der Waals surface area contributed by atoms with Crippen LogP contribution in [0.15, 0.2) is 48.5 Å². The summed E-state index contributed by atoms with van der Waals surface area (Å²) in [5.74, 6) is 0.764. The molecule has 4 rings (SSSR count). The van der Waals surface area contributed by atoms with E-state index in [1.807, 2.05) is 61.5 Å². The fraction of sp³-hybridized carbons (Fsp3) is 0.190. The van der Waals surface area contributed by atoms with Crippen LogP contribution in [0.1, 0.15) is 15.9 Å². The number of carbonyl (C=O) groups is 1. The van der Waals surface area contributed by atoms with E-state index in [9.17, 15) is 4.79 Å². The first-order chi connectivity index (χ1) is 13.0. The zero-order chi connectivity index (χ0) is 19.0. The molecular formula is C21H20N4O2. The molecule has 0 spiro atoms.